The van der Waals surface area contributed by atoms with Crippen LogP contribution in [-0.2, 0) is 7.67 Å². The Bertz CT molecular complexity index is 24.3. The molecule has 4 heteroatoms. The molecule has 0 aliphatic rings. The summed E-state index contributed by atoms with van der Waals surface area (Å²) in [6.45, 7) is 0. The fourth-order valence-electron chi connectivity index (χ4n) is 0. The van der Waals surface area contributed by atoms with E-state index in [2.05, 4.69) is 0 Å². The summed E-state index contributed by atoms with van der Waals surface area (Å²) in [4.78, 5) is 0. The van der Waals surface area contributed by atoms with Crippen molar-refractivity contribution < 1.29 is 13.1 Å². The molecule has 2 N–H and O–H groups in total. The van der Waals surface area contributed by atoms with Crippen molar-refractivity contribution in [2.75, 3.05) is 0 Å². The Balaban J connectivity index is 0. The van der Waals surface area contributed by atoms with Gasteiger partial charge in [-0.3, -0.25) is 0 Å². The first-order chi connectivity index (χ1) is 1.41. The summed E-state index contributed by atoms with van der Waals surface area (Å²) >= 11 is -1.62. The Labute approximate surface area is 28.9 Å². The zero-order valence-corrected chi connectivity index (χ0v) is 3.44. The van der Waals surface area contributed by atoms with Crippen LogP contribution in [0.4, 0.5) is 0 Å². The van der Waals surface area contributed by atoms with Crippen molar-refractivity contribution in [2.45, 2.75) is 0 Å². The third-order valence-electron chi connectivity index (χ3n) is 0. The summed E-state index contributed by atoms with van der Waals surface area (Å²) < 4.78 is 16.9. The summed E-state index contributed by atoms with van der Waals surface area (Å²) in [6, 6.07) is 0. The molecule has 0 aromatic rings. The van der Waals surface area contributed by atoms with Gasteiger partial charge >= 0.3 is 22.5 Å². The van der Waals surface area contributed by atoms with Crippen molar-refractivity contribution >= 4 is 14.8 Å². The van der Waals surface area contributed by atoms with Gasteiger partial charge < -0.3 is 5.48 Å². The minimum absolute atomic E-state index is 0. The molecule has 0 aliphatic heterocycles. The topological polar surface area (TPSA) is 65.6 Å². The van der Waals surface area contributed by atoms with E-state index in [0.29, 0.717) is 0 Å². The first-order valence-electron chi connectivity index (χ1n) is 0.333. The molecule has 0 heterocycles. The van der Waals surface area contributed by atoms with E-state index >= 15 is 0 Å². The molecule has 3 nitrogen and oxygen atoms in total. The van der Waals surface area contributed by atoms with Crippen LogP contribution in [0.15, 0.2) is 0 Å². The SMILES string of the molecule is O.O=[Se]=O. The first-order valence-corrected chi connectivity index (χ1v) is 1.73. The molecule has 0 fully saturated rings. The third-order valence-corrected chi connectivity index (χ3v) is 0. The molecule has 0 amide bonds. The molecular formula is H2O3Se. The van der Waals surface area contributed by atoms with E-state index < -0.39 is 14.8 Å². The van der Waals surface area contributed by atoms with Gasteiger partial charge in [0.15, 0.2) is 0 Å². The predicted octanol–water partition coefficient (Wildman–Crippen LogP) is -1.44. The summed E-state index contributed by atoms with van der Waals surface area (Å²) in [7, 11) is 0. The fraction of sp³-hybridized carbons (Fsp3) is 0. The molecule has 0 aromatic heterocycles. The van der Waals surface area contributed by atoms with Crippen LogP contribution in [0.5, 0.6) is 0 Å². The van der Waals surface area contributed by atoms with Gasteiger partial charge in [0, 0.05) is 0 Å². The fourth-order valence-corrected chi connectivity index (χ4v) is 0. The zero-order valence-electron chi connectivity index (χ0n) is 1.72. The quantitative estimate of drug-likeness (QED) is 0.376. The molecule has 0 aliphatic carbocycles. The van der Waals surface area contributed by atoms with Crippen molar-refractivity contribution in [3.05, 3.63) is 0 Å². The van der Waals surface area contributed by atoms with E-state index in [9.17, 15) is 0 Å². The standard InChI is InChI=1S/O2Se.H2O/c1-3-2;/h;1H2. The molecule has 0 saturated heterocycles. The molecule has 0 atom stereocenters. The van der Waals surface area contributed by atoms with Gasteiger partial charge in [-0.15, -0.1) is 0 Å². The van der Waals surface area contributed by atoms with Gasteiger partial charge in [-0.2, -0.15) is 0 Å². The molecule has 0 saturated carbocycles. The van der Waals surface area contributed by atoms with Crippen LogP contribution in [0.25, 0.3) is 0 Å². The van der Waals surface area contributed by atoms with E-state index in [-0.39, 0.29) is 5.48 Å². The minimum atomic E-state index is -1.62. The summed E-state index contributed by atoms with van der Waals surface area (Å²) in [5, 5.41) is 0. The second-order valence-electron chi connectivity index (χ2n) is 0.0680. The van der Waals surface area contributed by atoms with Crippen molar-refractivity contribution in [1.29, 1.82) is 0 Å². The molecule has 4 heavy (non-hydrogen) atoms. The molecular weight excluding hydrogens is 127 g/mol. The third kappa shape index (κ3) is 384. The van der Waals surface area contributed by atoms with Gasteiger partial charge in [0.25, 0.3) is 0 Å². The predicted molar refractivity (Wildman–Crippen MR) is 10.7 cm³/mol. The molecule has 26 valence electrons. The van der Waals surface area contributed by atoms with E-state index in [4.69, 9.17) is 7.67 Å². The Morgan fingerprint density at radius 2 is 1.25 bits per heavy atom. The maximum atomic E-state index is 8.44. The van der Waals surface area contributed by atoms with Crippen molar-refractivity contribution in [1.82, 2.24) is 0 Å². The van der Waals surface area contributed by atoms with Gasteiger partial charge in [-0.05, 0) is 0 Å². The van der Waals surface area contributed by atoms with Gasteiger partial charge in [0.05, 0.1) is 0 Å². The van der Waals surface area contributed by atoms with Gasteiger partial charge in [-0.1, -0.05) is 0 Å². The van der Waals surface area contributed by atoms with Crippen LogP contribution in [0, 0.1) is 0 Å². The molecule has 0 aromatic carbocycles. The molecule has 0 spiro atoms. The number of hydrogen-bond donors (Lipinski definition) is 0. The second-order valence-corrected chi connectivity index (χ2v) is 0.354. The zero-order chi connectivity index (χ0) is 2.71. The summed E-state index contributed by atoms with van der Waals surface area (Å²) in [5.41, 5.74) is 0. The molecule has 0 rings (SSSR count). The molecule has 0 bridgehead atoms. The molecule has 0 radical (unpaired) electrons. The van der Waals surface area contributed by atoms with Crippen LogP contribution in [0.2, 0.25) is 0 Å². The van der Waals surface area contributed by atoms with Crippen molar-refractivity contribution in [3.8, 4) is 0 Å². The summed E-state index contributed by atoms with van der Waals surface area (Å²) in [5.74, 6) is 0. The average Bonchev–Trinajstić information content (AvgIpc) is 0.918. The van der Waals surface area contributed by atoms with Crippen molar-refractivity contribution in [3.63, 3.8) is 0 Å². The Morgan fingerprint density at radius 1 is 1.25 bits per heavy atom. The average molecular weight is 129 g/mol. The van der Waals surface area contributed by atoms with Gasteiger partial charge in [0.1, 0.15) is 0 Å². The van der Waals surface area contributed by atoms with Gasteiger partial charge in [0.2, 0.25) is 0 Å². The van der Waals surface area contributed by atoms with Crippen LogP contribution in [-0.4, -0.2) is 20.3 Å². The molecule has 0 unspecified atom stereocenters. The van der Waals surface area contributed by atoms with Crippen LogP contribution in [0.3, 0.4) is 0 Å². The van der Waals surface area contributed by atoms with E-state index in [1.807, 2.05) is 0 Å². The van der Waals surface area contributed by atoms with Crippen LogP contribution < -0.4 is 0 Å². The van der Waals surface area contributed by atoms with Gasteiger partial charge in [-0.25, -0.2) is 0 Å². The normalized spacial score (nSPS) is 3.00. The van der Waals surface area contributed by atoms with Crippen LogP contribution in [0.1, 0.15) is 0 Å². The van der Waals surface area contributed by atoms with Crippen LogP contribution >= 0.6 is 0 Å². The second kappa shape index (κ2) is 11.4. The first kappa shape index (κ1) is 8.95. The monoisotopic (exact) mass is 130 g/mol. The number of rotatable bonds is 0. The Morgan fingerprint density at radius 3 is 1.25 bits per heavy atom. The summed E-state index contributed by atoms with van der Waals surface area (Å²) in [6.07, 6.45) is 0. The number of hydrogen-bond acceptors (Lipinski definition) is 2. The van der Waals surface area contributed by atoms with E-state index in [0.717, 1.165) is 0 Å². The maximum absolute atomic E-state index is 8.44. The van der Waals surface area contributed by atoms with E-state index in [1.165, 1.54) is 0 Å². The van der Waals surface area contributed by atoms with E-state index in [1.54, 1.807) is 0 Å². The Hall–Kier alpha value is 0.0795. The Kier molecular flexibility index (Phi) is 25.6. The van der Waals surface area contributed by atoms with Crippen molar-refractivity contribution in [2.24, 2.45) is 0 Å².